The molecule has 0 bridgehead atoms. The molecular formula is C5H7N5O. The molecule has 11 heavy (non-hydrogen) atoms. The fourth-order valence-corrected chi connectivity index (χ4v) is 0.610. The fourth-order valence-electron chi connectivity index (χ4n) is 0.610. The molecule has 58 valence electrons. The molecule has 0 saturated carbocycles. The number of hydrogen-bond acceptors (Lipinski definition) is 5. The van der Waals surface area contributed by atoms with Gasteiger partial charge in [-0.05, 0) is 12.1 Å². The molecule has 1 rings (SSSR count). The number of hydrogen-bond donors (Lipinski definition) is 2. The van der Waals surface area contributed by atoms with Crippen LogP contribution in [0.2, 0.25) is 0 Å². The molecule has 0 saturated heterocycles. The van der Waals surface area contributed by atoms with Crippen molar-refractivity contribution in [1.29, 1.82) is 0 Å². The smallest absolute Gasteiger partial charge is 0.190 e. The summed E-state index contributed by atoms with van der Waals surface area (Å²) >= 11 is 0. The number of carbonyl (C=O) groups excluding carboxylic acids is 1. The van der Waals surface area contributed by atoms with Crippen LogP contribution in [-0.4, -0.2) is 16.2 Å². The second-order valence-corrected chi connectivity index (χ2v) is 1.81. The lowest BCUT2D eigenvalue weighted by Crippen LogP contribution is -2.31. The summed E-state index contributed by atoms with van der Waals surface area (Å²) in [5.74, 6) is 10.2. The van der Waals surface area contributed by atoms with E-state index < -0.39 is 0 Å². The second-order valence-electron chi connectivity index (χ2n) is 1.81. The van der Waals surface area contributed by atoms with E-state index >= 15 is 0 Å². The minimum atomic E-state index is 0.236. The zero-order chi connectivity index (χ0) is 8.27. The van der Waals surface area contributed by atoms with Gasteiger partial charge in [0.25, 0.3) is 0 Å². The van der Waals surface area contributed by atoms with Crippen molar-refractivity contribution in [3.63, 3.8) is 0 Å². The first kappa shape index (κ1) is 7.26. The zero-order valence-electron chi connectivity index (χ0n) is 5.64. The van der Waals surface area contributed by atoms with E-state index in [-0.39, 0.29) is 5.69 Å². The van der Waals surface area contributed by atoms with Crippen molar-refractivity contribution in [2.45, 2.75) is 0 Å². The molecule has 0 aromatic carbocycles. The highest BCUT2D eigenvalue weighted by Gasteiger charge is 1.92. The summed E-state index contributed by atoms with van der Waals surface area (Å²) in [6.07, 6.45) is 0.587. The number of carbonyl (C=O) groups is 1. The lowest BCUT2D eigenvalue weighted by Gasteiger charge is -1.96. The van der Waals surface area contributed by atoms with Gasteiger partial charge in [-0.25, -0.2) is 0 Å². The molecule has 1 aromatic heterocycles. The van der Waals surface area contributed by atoms with E-state index in [0.717, 1.165) is 4.79 Å². The molecule has 1 aromatic rings. The maximum absolute atomic E-state index is 10.2. The van der Waals surface area contributed by atoms with Crippen LogP contribution < -0.4 is 17.2 Å². The Kier molecular flexibility index (Phi) is 1.86. The Morgan fingerprint density at radius 1 is 1.64 bits per heavy atom. The number of rotatable bonds is 1. The minimum Gasteiger partial charge on any atom is -0.321 e. The molecule has 0 unspecified atom stereocenters. The third-order valence-electron chi connectivity index (χ3n) is 1.11. The molecule has 1 heterocycles. The highest BCUT2D eigenvalue weighted by atomic mass is 16.1. The summed E-state index contributed by atoms with van der Waals surface area (Å²) in [4.78, 5) is 11.1. The van der Waals surface area contributed by atoms with E-state index in [9.17, 15) is 4.79 Å². The molecule has 0 fully saturated rings. The molecule has 0 spiro atoms. The summed E-state index contributed by atoms with van der Waals surface area (Å²) in [7, 11) is 0. The first-order valence-electron chi connectivity index (χ1n) is 2.82. The van der Waals surface area contributed by atoms with Gasteiger partial charge in [-0.3, -0.25) is 4.79 Å². The lowest BCUT2D eigenvalue weighted by atomic mass is 10.4. The van der Waals surface area contributed by atoms with E-state index in [0.29, 0.717) is 11.8 Å². The van der Waals surface area contributed by atoms with Gasteiger partial charge < -0.3 is 11.7 Å². The van der Waals surface area contributed by atoms with E-state index in [4.69, 9.17) is 11.7 Å². The number of nitrogens with zero attached hydrogens (tertiary/aromatic N) is 3. The predicted molar refractivity (Wildman–Crippen MR) is 37.5 cm³/mol. The van der Waals surface area contributed by atoms with Crippen molar-refractivity contribution < 1.29 is 4.79 Å². The van der Waals surface area contributed by atoms with Crippen molar-refractivity contribution >= 4 is 6.29 Å². The summed E-state index contributed by atoms with van der Waals surface area (Å²) in [6.45, 7) is 0. The average molecular weight is 153 g/mol. The van der Waals surface area contributed by atoms with Crippen molar-refractivity contribution in [2.75, 3.05) is 5.84 Å². The van der Waals surface area contributed by atoms with E-state index in [1.54, 1.807) is 0 Å². The van der Waals surface area contributed by atoms with E-state index in [2.05, 4.69) is 10.2 Å². The maximum Gasteiger partial charge on any atom is 0.190 e. The standard InChI is InChI=1S/C5H7N5O/c6-8-5-2-1-4(3-11)9-10(5)7/h1-3H,6-7H2/b8-5-. The van der Waals surface area contributed by atoms with E-state index in [1.165, 1.54) is 12.1 Å². The fraction of sp³-hybridized carbons (Fsp3) is 0. The van der Waals surface area contributed by atoms with Crippen LogP contribution >= 0.6 is 0 Å². The van der Waals surface area contributed by atoms with Gasteiger partial charge in [0.15, 0.2) is 11.8 Å². The summed E-state index contributed by atoms with van der Waals surface area (Å²) in [6, 6.07) is 2.97. The van der Waals surface area contributed by atoms with Crippen LogP contribution in [0.1, 0.15) is 10.5 Å². The Bertz CT molecular complexity index is 328. The highest BCUT2D eigenvalue weighted by molar-refractivity contribution is 5.70. The monoisotopic (exact) mass is 153 g/mol. The van der Waals surface area contributed by atoms with Gasteiger partial charge in [0.05, 0.1) is 0 Å². The number of aldehydes is 1. The van der Waals surface area contributed by atoms with Gasteiger partial charge in [-0.2, -0.15) is 9.89 Å². The van der Waals surface area contributed by atoms with Crippen molar-refractivity contribution in [3.8, 4) is 0 Å². The van der Waals surface area contributed by atoms with Gasteiger partial charge in [0, 0.05) is 0 Å². The largest absolute Gasteiger partial charge is 0.321 e. The third kappa shape index (κ3) is 1.34. The number of nitrogen functional groups attached to an aromatic ring is 1. The number of nitrogens with two attached hydrogens (primary N) is 2. The van der Waals surface area contributed by atoms with Crippen LogP contribution in [0, 0.1) is 0 Å². The molecule has 0 radical (unpaired) electrons. The normalized spacial score (nSPS) is 11.5. The molecular weight excluding hydrogens is 146 g/mol. The molecule has 6 nitrogen and oxygen atoms in total. The predicted octanol–water partition coefficient (Wildman–Crippen LogP) is -1.82. The zero-order valence-corrected chi connectivity index (χ0v) is 5.64. The number of aromatic nitrogens is 2. The third-order valence-corrected chi connectivity index (χ3v) is 1.11. The van der Waals surface area contributed by atoms with Crippen LogP contribution in [-0.2, 0) is 0 Å². The van der Waals surface area contributed by atoms with Crippen LogP contribution in [0.5, 0.6) is 0 Å². The molecule has 4 N–H and O–H groups in total. The average Bonchev–Trinajstić information content (AvgIpc) is 2.04. The molecule has 0 amide bonds. The summed E-state index contributed by atoms with van der Waals surface area (Å²) in [5.41, 5.74) is 0.538. The van der Waals surface area contributed by atoms with Crippen LogP contribution in [0.3, 0.4) is 0 Å². The minimum absolute atomic E-state index is 0.236. The topological polar surface area (TPSA) is 99.3 Å². The van der Waals surface area contributed by atoms with Crippen LogP contribution in [0.4, 0.5) is 0 Å². The Balaban J connectivity index is 3.31. The lowest BCUT2D eigenvalue weighted by molar-refractivity contribution is 0.111. The van der Waals surface area contributed by atoms with Gasteiger partial charge in [-0.1, -0.05) is 0 Å². The maximum atomic E-state index is 10.2. The van der Waals surface area contributed by atoms with E-state index in [1.807, 2.05) is 0 Å². The van der Waals surface area contributed by atoms with Crippen molar-refractivity contribution in [2.24, 2.45) is 10.9 Å². The second kappa shape index (κ2) is 2.82. The van der Waals surface area contributed by atoms with Gasteiger partial charge in [-0.15, -0.1) is 5.10 Å². The quantitative estimate of drug-likeness (QED) is 0.282. The Morgan fingerprint density at radius 2 is 2.36 bits per heavy atom. The molecule has 0 aliphatic rings. The summed E-state index contributed by atoms with van der Waals surface area (Å²) in [5, 5.41) is 6.92. The molecule has 6 heteroatoms. The van der Waals surface area contributed by atoms with Crippen molar-refractivity contribution in [3.05, 3.63) is 23.3 Å². The Hall–Kier alpha value is -1.85. The molecule has 0 aliphatic heterocycles. The SMILES string of the molecule is N/N=c1/ccc(C=O)nn1N. The molecule has 0 atom stereocenters. The molecule has 0 aliphatic carbocycles. The Labute approximate surface area is 62.1 Å². The van der Waals surface area contributed by atoms with Crippen molar-refractivity contribution in [1.82, 2.24) is 9.89 Å². The first-order valence-corrected chi connectivity index (χ1v) is 2.82. The summed E-state index contributed by atoms with van der Waals surface area (Å²) < 4.78 is 0. The van der Waals surface area contributed by atoms with Crippen LogP contribution in [0.15, 0.2) is 17.2 Å². The first-order chi connectivity index (χ1) is 5.27. The van der Waals surface area contributed by atoms with Gasteiger partial charge in [0.1, 0.15) is 5.69 Å². The highest BCUT2D eigenvalue weighted by Crippen LogP contribution is 1.80. The van der Waals surface area contributed by atoms with Gasteiger partial charge >= 0.3 is 0 Å². The Morgan fingerprint density at radius 3 is 2.82 bits per heavy atom. The van der Waals surface area contributed by atoms with Crippen LogP contribution in [0.25, 0.3) is 0 Å². The van der Waals surface area contributed by atoms with Gasteiger partial charge in [0.2, 0.25) is 0 Å².